The third kappa shape index (κ3) is 2.68. The highest BCUT2D eigenvalue weighted by Gasteiger charge is 2.12. The zero-order valence-corrected chi connectivity index (χ0v) is 10.3. The van der Waals surface area contributed by atoms with Crippen LogP contribution in [-0.2, 0) is 7.05 Å². The van der Waals surface area contributed by atoms with E-state index in [0.717, 1.165) is 5.56 Å². The summed E-state index contributed by atoms with van der Waals surface area (Å²) in [5, 5.41) is 16.2. The number of aryl methyl sites for hydroxylation is 1. The number of amides is 1. The fourth-order valence-corrected chi connectivity index (χ4v) is 1.67. The number of nitrogens with zero attached hydrogens (tertiary/aromatic N) is 2. The molecule has 5 nitrogen and oxygen atoms in total. The minimum atomic E-state index is -0.220. The molecular weight excluding hydrogens is 230 g/mol. The normalized spacial score (nSPS) is 12.1. The molecule has 1 heterocycles. The van der Waals surface area contributed by atoms with E-state index < -0.39 is 0 Å². The Morgan fingerprint density at radius 1 is 1.50 bits per heavy atom. The van der Waals surface area contributed by atoms with Crippen molar-refractivity contribution in [2.45, 2.75) is 13.0 Å². The van der Waals surface area contributed by atoms with Crippen molar-refractivity contribution in [2.24, 2.45) is 7.05 Å². The highest BCUT2D eigenvalue weighted by molar-refractivity contribution is 5.94. The summed E-state index contributed by atoms with van der Waals surface area (Å²) in [6.45, 7) is 1.89. The minimum absolute atomic E-state index is 0.0803. The zero-order chi connectivity index (χ0) is 13.1. The average molecular weight is 245 g/mol. The smallest absolute Gasteiger partial charge is 0.251 e. The number of phenolic OH excluding ortho intramolecular Hbond substituents is 1. The molecule has 94 valence electrons. The van der Waals surface area contributed by atoms with Crippen LogP contribution in [0.25, 0.3) is 0 Å². The van der Waals surface area contributed by atoms with Crippen molar-refractivity contribution in [1.29, 1.82) is 0 Å². The lowest BCUT2D eigenvalue weighted by atomic mass is 10.1. The molecule has 0 aliphatic carbocycles. The van der Waals surface area contributed by atoms with Gasteiger partial charge in [0.15, 0.2) is 0 Å². The van der Waals surface area contributed by atoms with Gasteiger partial charge in [-0.1, -0.05) is 6.07 Å². The Kier molecular flexibility index (Phi) is 3.32. The average Bonchev–Trinajstić information content (AvgIpc) is 2.76. The molecule has 2 N–H and O–H groups in total. The minimum Gasteiger partial charge on any atom is -0.508 e. The number of aromatic nitrogens is 2. The quantitative estimate of drug-likeness (QED) is 0.863. The number of aromatic hydroxyl groups is 1. The molecule has 1 amide bonds. The standard InChI is InChI=1S/C13H15N3O2/c1-9(11-7-14-16(2)8-11)15-13(18)10-4-3-5-12(17)6-10/h3-9,17H,1-2H3,(H,15,18). The van der Waals surface area contributed by atoms with Gasteiger partial charge in [-0.15, -0.1) is 0 Å². The molecular formula is C13H15N3O2. The van der Waals surface area contributed by atoms with Crippen molar-refractivity contribution in [3.05, 3.63) is 47.8 Å². The summed E-state index contributed by atoms with van der Waals surface area (Å²) in [5.74, 6) is -0.140. The van der Waals surface area contributed by atoms with Gasteiger partial charge in [-0.3, -0.25) is 9.48 Å². The Morgan fingerprint density at radius 2 is 2.28 bits per heavy atom. The number of hydrogen-bond donors (Lipinski definition) is 2. The monoisotopic (exact) mass is 245 g/mol. The first-order chi connectivity index (χ1) is 8.56. The first-order valence-corrected chi connectivity index (χ1v) is 5.64. The van der Waals surface area contributed by atoms with Crippen LogP contribution in [0.1, 0.15) is 28.9 Å². The van der Waals surface area contributed by atoms with Crippen LogP contribution >= 0.6 is 0 Å². The lowest BCUT2D eigenvalue weighted by molar-refractivity contribution is 0.0939. The zero-order valence-electron chi connectivity index (χ0n) is 10.3. The molecule has 1 atom stereocenters. The summed E-state index contributed by atoms with van der Waals surface area (Å²) >= 11 is 0. The number of hydrogen-bond acceptors (Lipinski definition) is 3. The molecule has 1 unspecified atom stereocenters. The van der Waals surface area contributed by atoms with Crippen LogP contribution in [0.4, 0.5) is 0 Å². The van der Waals surface area contributed by atoms with Crippen molar-refractivity contribution in [3.63, 3.8) is 0 Å². The van der Waals surface area contributed by atoms with Crippen LogP contribution in [0.2, 0.25) is 0 Å². The summed E-state index contributed by atoms with van der Waals surface area (Å²) in [6, 6.07) is 6.13. The number of rotatable bonds is 3. The second-order valence-corrected chi connectivity index (χ2v) is 4.19. The number of nitrogens with one attached hydrogen (secondary N) is 1. The van der Waals surface area contributed by atoms with Crippen LogP contribution in [0.3, 0.4) is 0 Å². The highest BCUT2D eigenvalue weighted by Crippen LogP contribution is 2.14. The lowest BCUT2D eigenvalue weighted by Gasteiger charge is -2.12. The third-order valence-corrected chi connectivity index (χ3v) is 2.68. The maximum Gasteiger partial charge on any atom is 0.251 e. The Hall–Kier alpha value is -2.30. The maximum atomic E-state index is 11.9. The van der Waals surface area contributed by atoms with Crippen molar-refractivity contribution >= 4 is 5.91 Å². The molecule has 0 spiro atoms. The van der Waals surface area contributed by atoms with Crippen molar-refractivity contribution in [2.75, 3.05) is 0 Å². The van der Waals surface area contributed by atoms with E-state index in [9.17, 15) is 9.90 Å². The molecule has 5 heteroatoms. The van der Waals surface area contributed by atoms with Gasteiger partial charge in [0.05, 0.1) is 12.2 Å². The summed E-state index contributed by atoms with van der Waals surface area (Å²) in [5.41, 5.74) is 1.37. The Morgan fingerprint density at radius 3 is 2.89 bits per heavy atom. The first-order valence-electron chi connectivity index (χ1n) is 5.64. The first kappa shape index (κ1) is 12.2. The lowest BCUT2D eigenvalue weighted by Crippen LogP contribution is -2.26. The molecule has 2 aromatic rings. The molecule has 18 heavy (non-hydrogen) atoms. The van der Waals surface area contributed by atoms with Gasteiger partial charge in [-0.05, 0) is 25.1 Å². The highest BCUT2D eigenvalue weighted by atomic mass is 16.3. The molecule has 1 aromatic heterocycles. The SMILES string of the molecule is CC(NC(=O)c1cccc(O)c1)c1cnn(C)c1. The predicted molar refractivity (Wildman–Crippen MR) is 67.2 cm³/mol. The van der Waals surface area contributed by atoms with Gasteiger partial charge >= 0.3 is 0 Å². The number of carbonyl (C=O) groups is 1. The van der Waals surface area contributed by atoms with Crippen molar-refractivity contribution < 1.29 is 9.90 Å². The molecule has 0 fully saturated rings. The van der Waals surface area contributed by atoms with E-state index in [1.807, 2.05) is 20.2 Å². The van der Waals surface area contributed by atoms with Gasteiger partial charge < -0.3 is 10.4 Å². The fraction of sp³-hybridized carbons (Fsp3) is 0.231. The summed E-state index contributed by atoms with van der Waals surface area (Å²) in [4.78, 5) is 11.9. The Balaban J connectivity index is 2.08. The molecule has 0 radical (unpaired) electrons. The summed E-state index contributed by atoms with van der Waals surface area (Å²) in [6.07, 6.45) is 3.57. The van der Waals surface area contributed by atoms with Crippen LogP contribution in [0.15, 0.2) is 36.7 Å². The third-order valence-electron chi connectivity index (χ3n) is 2.68. The predicted octanol–water partition coefficient (Wildman–Crippen LogP) is 1.62. The van der Waals surface area contributed by atoms with E-state index in [4.69, 9.17) is 0 Å². The van der Waals surface area contributed by atoms with Crippen LogP contribution in [0.5, 0.6) is 5.75 Å². The van der Waals surface area contributed by atoms with E-state index in [0.29, 0.717) is 5.56 Å². The van der Waals surface area contributed by atoms with Crippen molar-refractivity contribution in [3.8, 4) is 5.75 Å². The molecule has 2 rings (SSSR count). The van der Waals surface area contributed by atoms with Gasteiger partial charge in [0.25, 0.3) is 5.91 Å². The van der Waals surface area contributed by atoms with E-state index in [-0.39, 0.29) is 17.7 Å². The van der Waals surface area contributed by atoms with Crippen LogP contribution < -0.4 is 5.32 Å². The van der Waals surface area contributed by atoms with E-state index in [2.05, 4.69) is 10.4 Å². The van der Waals surface area contributed by atoms with Gasteiger partial charge in [-0.25, -0.2) is 0 Å². The number of carbonyl (C=O) groups excluding carboxylic acids is 1. The van der Waals surface area contributed by atoms with Crippen LogP contribution in [0, 0.1) is 0 Å². The Bertz CT molecular complexity index is 563. The Labute approximate surface area is 105 Å². The molecule has 0 saturated carbocycles. The van der Waals surface area contributed by atoms with Gasteiger partial charge in [0.1, 0.15) is 5.75 Å². The molecule has 0 saturated heterocycles. The second-order valence-electron chi connectivity index (χ2n) is 4.19. The van der Waals surface area contributed by atoms with E-state index in [1.54, 1.807) is 23.0 Å². The summed E-state index contributed by atoms with van der Waals surface area (Å²) in [7, 11) is 1.83. The van der Waals surface area contributed by atoms with Gasteiger partial charge in [-0.2, -0.15) is 5.10 Å². The summed E-state index contributed by atoms with van der Waals surface area (Å²) < 4.78 is 1.69. The second kappa shape index (κ2) is 4.91. The van der Waals surface area contributed by atoms with Gasteiger partial charge in [0, 0.05) is 24.4 Å². The molecule has 0 aliphatic heterocycles. The van der Waals surface area contributed by atoms with Gasteiger partial charge in [0.2, 0.25) is 0 Å². The number of phenols is 1. The molecule has 1 aromatic carbocycles. The molecule has 0 aliphatic rings. The fourth-order valence-electron chi connectivity index (χ4n) is 1.67. The maximum absolute atomic E-state index is 11.9. The topological polar surface area (TPSA) is 67.2 Å². The number of benzene rings is 1. The van der Waals surface area contributed by atoms with Crippen molar-refractivity contribution in [1.82, 2.24) is 15.1 Å². The van der Waals surface area contributed by atoms with E-state index >= 15 is 0 Å². The largest absolute Gasteiger partial charge is 0.508 e. The molecule has 0 bridgehead atoms. The van der Waals surface area contributed by atoms with E-state index in [1.165, 1.54) is 12.1 Å². The van der Waals surface area contributed by atoms with Crippen LogP contribution in [-0.4, -0.2) is 20.8 Å².